The van der Waals surface area contributed by atoms with Crippen LogP contribution in [0.1, 0.15) is 22.1 Å². The summed E-state index contributed by atoms with van der Waals surface area (Å²) in [5.74, 6) is 0.403. The monoisotopic (exact) mass is 348 g/mol. The van der Waals surface area contributed by atoms with Gasteiger partial charge in [-0.25, -0.2) is 9.97 Å². The molecule has 3 aromatic rings. The molecule has 26 heavy (non-hydrogen) atoms. The normalized spacial score (nSPS) is 11.8. The van der Waals surface area contributed by atoms with Crippen LogP contribution in [-0.2, 0) is 4.74 Å². The fourth-order valence-corrected chi connectivity index (χ4v) is 2.65. The van der Waals surface area contributed by atoms with Gasteiger partial charge in [0.15, 0.2) is 5.82 Å². The summed E-state index contributed by atoms with van der Waals surface area (Å²) < 4.78 is 5.28. The van der Waals surface area contributed by atoms with Crippen molar-refractivity contribution >= 4 is 5.91 Å². The second-order valence-electron chi connectivity index (χ2n) is 5.80. The first-order chi connectivity index (χ1) is 12.7. The van der Waals surface area contributed by atoms with Crippen LogP contribution >= 0.6 is 0 Å². The van der Waals surface area contributed by atoms with E-state index >= 15 is 0 Å². The topological polar surface area (TPSA) is 68.2 Å². The van der Waals surface area contributed by atoms with Gasteiger partial charge >= 0.3 is 0 Å². The number of amides is 1. The summed E-state index contributed by atoms with van der Waals surface area (Å²) in [6.07, 6.45) is 4.81. The first kappa shape index (κ1) is 17.7. The molecule has 0 aliphatic heterocycles. The van der Waals surface area contributed by atoms with Crippen LogP contribution < -0.4 is 0 Å². The highest BCUT2D eigenvalue weighted by Gasteiger charge is 2.24. The number of hydrogen-bond donors (Lipinski definition) is 0. The molecule has 0 unspecified atom stereocenters. The fourth-order valence-electron chi connectivity index (χ4n) is 2.65. The summed E-state index contributed by atoms with van der Waals surface area (Å²) in [4.78, 5) is 27.4. The molecule has 2 aromatic heterocycles. The van der Waals surface area contributed by atoms with E-state index in [1.165, 1.54) is 0 Å². The number of hydrogen-bond acceptors (Lipinski definition) is 5. The SMILES string of the molecule is COC[C@@H](c1ccccn1)N(C)C(=O)c1cnc(-c2ccccc2)nc1. The lowest BCUT2D eigenvalue weighted by Crippen LogP contribution is -2.34. The van der Waals surface area contributed by atoms with Gasteiger partial charge in [-0.1, -0.05) is 36.4 Å². The van der Waals surface area contributed by atoms with E-state index in [0.717, 1.165) is 11.3 Å². The van der Waals surface area contributed by atoms with Gasteiger partial charge in [-0.05, 0) is 12.1 Å². The second kappa shape index (κ2) is 8.31. The molecule has 0 fully saturated rings. The third-order valence-electron chi connectivity index (χ3n) is 4.07. The number of likely N-dealkylation sites (N-methyl/N-ethyl adjacent to an activating group) is 1. The van der Waals surface area contributed by atoms with Gasteiger partial charge in [-0.2, -0.15) is 0 Å². The van der Waals surface area contributed by atoms with E-state index in [-0.39, 0.29) is 11.9 Å². The Labute approximate surface area is 152 Å². The first-order valence-electron chi connectivity index (χ1n) is 8.25. The number of aromatic nitrogens is 3. The standard InChI is InChI=1S/C20H20N4O2/c1-24(18(14-26-2)17-10-6-7-11-21-17)20(25)16-12-22-19(23-13-16)15-8-4-3-5-9-15/h3-13,18H,14H2,1-2H3/t18-/m0/s1. The molecule has 1 aromatic carbocycles. The van der Waals surface area contributed by atoms with E-state index in [4.69, 9.17) is 4.74 Å². The third-order valence-corrected chi connectivity index (χ3v) is 4.07. The highest BCUT2D eigenvalue weighted by atomic mass is 16.5. The molecule has 0 radical (unpaired) electrons. The summed E-state index contributed by atoms with van der Waals surface area (Å²) in [5, 5.41) is 0. The number of pyridine rings is 1. The van der Waals surface area contributed by atoms with E-state index in [0.29, 0.717) is 18.0 Å². The molecule has 0 bridgehead atoms. The van der Waals surface area contributed by atoms with Gasteiger partial charge in [0.2, 0.25) is 0 Å². The Morgan fingerprint density at radius 2 is 1.73 bits per heavy atom. The maximum Gasteiger partial charge on any atom is 0.257 e. The molecule has 0 N–H and O–H groups in total. The van der Waals surface area contributed by atoms with E-state index in [1.54, 1.807) is 37.6 Å². The summed E-state index contributed by atoms with van der Waals surface area (Å²) >= 11 is 0. The van der Waals surface area contributed by atoms with E-state index in [9.17, 15) is 4.79 Å². The molecule has 132 valence electrons. The molecule has 0 aliphatic carbocycles. The van der Waals surface area contributed by atoms with Crippen molar-refractivity contribution in [1.29, 1.82) is 0 Å². The summed E-state index contributed by atoms with van der Waals surface area (Å²) in [5.41, 5.74) is 2.10. The lowest BCUT2D eigenvalue weighted by molar-refractivity contribution is 0.0594. The number of carbonyl (C=O) groups is 1. The molecule has 0 saturated heterocycles. The molecule has 2 heterocycles. The van der Waals surface area contributed by atoms with Crippen LogP contribution in [0.25, 0.3) is 11.4 Å². The van der Waals surface area contributed by atoms with Gasteiger partial charge in [-0.15, -0.1) is 0 Å². The second-order valence-corrected chi connectivity index (χ2v) is 5.80. The maximum atomic E-state index is 12.8. The summed E-state index contributed by atoms with van der Waals surface area (Å²) in [6.45, 7) is 0.349. The van der Waals surface area contributed by atoms with Crippen molar-refractivity contribution in [2.75, 3.05) is 20.8 Å². The Bertz CT molecular complexity index is 839. The number of carbonyl (C=O) groups excluding carboxylic acids is 1. The van der Waals surface area contributed by atoms with Gasteiger partial charge in [0.25, 0.3) is 5.91 Å². The number of ether oxygens (including phenoxy) is 1. The molecule has 0 aliphatic rings. The molecular weight excluding hydrogens is 328 g/mol. The van der Waals surface area contributed by atoms with Crippen LogP contribution in [0.5, 0.6) is 0 Å². The van der Waals surface area contributed by atoms with Crippen molar-refractivity contribution in [2.24, 2.45) is 0 Å². The minimum atomic E-state index is -0.289. The average Bonchev–Trinajstić information content (AvgIpc) is 2.72. The van der Waals surface area contributed by atoms with E-state index < -0.39 is 0 Å². The van der Waals surface area contributed by atoms with Crippen LogP contribution in [0, 0.1) is 0 Å². The van der Waals surface area contributed by atoms with Gasteiger partial charge < -0.3 is 9.64 Å². The van der Waals surface area contributed by atoms with Crippen molar-refractivity contribution in [3.63, 3.8) is 0 Å². The zero-order chi connectivity index (χ0) is 18.4. The fraction of sp³-hybridized carbons (Fsp3) is 0.200. The van der Waals surface area contributed by atoms with Crippen LogP contribution in [0.3, 0.4) is 0 Å². The highest BCUT2D eigenvalue weighted by Crippen LogP contribution is 2.20. The molecular formula is C20H20N4O2. The quantitative estimate of drug-likeness (QED) is 0.685. The minimum Gasteiger partial charge on any atom is -0.382 e. The van der Waals surface area contributed by atoms with E-state index in [2.05, 4.69) is 15.0 Å². The lowest BCUT2D eigenvalue weighted by atomic mass is 10.1. The maximum absolute atomic E-state index is 12.8. The first-order valence-corrected chi connectivity index (χ1v) is 8.25. The average molecular weight is 348 g/mol. The van der Waals surface area contributed by atoms with Crippen molar-refractivity contribution in [1.82, 2.24) is 19.9 Å². The molecule has 1 amide bonds. The van der Waals surface area contributed by atoms with Crippen molar-refractivity contribution in [3.8, 4) is 11.4 Å². The molecule has 0 saturated carbocycles. The van der Waals surface area contributed by atoms with Crippen LogP contribution in [-0.4, -0.2) is 46.5 Å². The summed E-state index contributed by atoms with van der Waals surface area (Å²) in [6, 6.07) is 15.0. The number of methoxy groups -OCH3 is 1. The van der Waals surface area contributed by atoms with Crippen LogP contribution in [0.15, 0.2) is 67.1 Å². The minimum absolute atomic E-state index is 0.183. The molecule has 6 nitrogen and oxygen atoms in total. The lowest BCUT2D eigenvalue weighted by Gasteiger charge is -2.27. The molecule has 6 heteroatoms. The Morgan fingerprint density at radius 1 is 1.04 bits per heavy atom. The molecule has 3 rings (SSSR count). The highest BCUT2D eigenvalue weighted by molar-refractivity contribution is 5.93. The number of rotatable bonds is 6. The zero-order valence-corrected chi connectivity index (χ0v) is 14.7. The van der Waals surface area contributed by atoms with Gasteiger partial charge in [0, 0.05) is 38.3 Å². The van der Waals surface area contributed by atoms with Crippen molar-refractivity contribution in [3.05, 3.63) is 78.4 Å². The van der Waals surface area contributed by atoms with Crippen molar-refractivity contribution < 1.29 is 9.53 Å². The number of benzene rings is 1. The predicted octanol–water partition coefficient (Wildman–Crippen LogP) is 3.00. The molecule has 1 atom stereocenters. The Balaban J connectivity index is 1.81. The van der Waals surface area contributed by atoms with Gasteiger partial charge in [0.05, 0.1) is 23.9 Å². The Hall–Kier alpha value is -3.12. The Morgan fingerprint density at radius 3 is 2.35 bits per heavy atom. The van der Waals surface area contributed by atoms with E-state index in [1.807, 2.05) is 48.5 Å². The predicted molar refractivity (Wildman–Crippen MR) is 98.4 cm³/mol. The smallest absolute Gasteiger partial charge is 0.257 e. The van der Waals surface area contributed by atoms with Crippen molar-refractivity contribution in [2.45, 2.75) is 6.04 Å². The molecule has 0 spiro atoms. The summed E-state index contributed by atoms with van der Waals surface area (Å²) in [7, 11) is 3.33. The van der Waals surface area contributed by atoms with Crippen LogP contribution in [0.4, 0.5) is 0 Å². The number of nitrogens with zero attached hydrogens (tertiary/aromatic N) is 4. The van der Waals surface area contributed by atoms with Gasteiger partial charge in [0.1, 0.15) is 0 Å². The Kier molecular flexibility index (Phi) is 5.66. The third kappa shape index (κ3) is 3.92. The largest absolute Gasteiger partial charge is 0.382 e. The van der Waals surface area contributed by atoms with Gasteiger partial charge in [-0.3, -0.25) is 9.78 Å². The van der Waals surface area contributed by atoms with Crippen LogP contribution in [0.2, 0.25) is 0 Å². The zero-order valence-electron chi connectivity index (χ0n) is 14.7.